The molecule has 2 aromatic rings. The Bertz CT molecular complexity index is 857. The number of rotatable bonds is 12. The van der Waals surface area contributed by atoms with E-state index in [2.05, 4.69) is 11.4 Å². The summed E-state index contributed by atoms with van der Waals surface area (Å²) in [7, 11) is -4.69. The molecular formula is C21H29FNO6P. The van der Waals surface area contributed by atoms with Gasteiger partial charge in [-0.2, -0.15) is 0 Å². The quantitative estimate of drug-likeness (QED) is 0.294. The molecule has 0 heterocycles. The molecule has 7 nitrogen and oxygen atoms in total. The molecule has 0 amide bonds. The summed E-state index contributed by atoms with van der Waals surface area (Å²) in [6.07, 6.45) is 2.49. The fraction of sp³-hybridized carbons (Fsp3) is 0.429. The van der Waals surface area contributed by atoms with Crippen molar-refractivity contribution in [2.24, 2.45) is 5.73 Å². The van der Waals surface area contributed by atoms with Crippen molar-refractivity contribution in [2.45, 2.75) is 38.1 Å². The van der Waals surface area contributed by atoms with Crippen molar-refractivity contribution in [3.05, 3.63) is 53.8 Å². The Morgan fingerprint density at radius 2 is 1.87 bits per heavy atom. The topological polar surface area (TPSA) is 122 Å². The van der Waals surface area contributed by atoms with E-state index in [9.17, 15) is 14.1 Å². The number of aliphatic hydroxyl groups is 1. The first-order chi connectivity index (χ1) is 14.2. The van der Waals surface area contributed by atoms with Crippen LogP contribution < -0.4 is 10.5 Å². The highest BCUT2D eigenvalue weighted by Crippen LogP contribution is 2.37. The largest absolute Gasteiger partial charge is 0.494 e. The van der Waals surface area contributed by atoms with E-state index >= 15 is 0 Å². The number of phosphoric acid groups is 1. The Kier molecular flexibility index (Phi) is 8.97. The van der Waals surface area contributed by atoms with Crippen LogP contribution in [0.4, 0.5) is 4.39 Å². The van der Waals surface area contributed by atoms with Crippen molar-refractivity contribution in [1.29, 1.82) is 0 Å². The summed E-state index contributed by atoms with van der Waals surface area (Å²) in [4.78, 5) is 17.6. The molecule has 0 aliphatic rings. The fourth-order valence-electron chi connectivity index (χ4n) is 2.82. The zero-order chi connectivity index (χ0) is 22.2. The summed E-state index contributed by atoms with van der Waals surface area (Å²) < 4.78 is 35.5. The van der Waals surface area contributed by atoms with Gasteiger partial charge in [0.1, 0.15) is 11.6 Å². The van der Waals surface area contributed by atoms with Crippen LogP contribution in [0.5, 0.6) is 5.75 Å². The van der Waals surface area contributed by atoms with Crippen LogP contribution in [0.3, 0.4) is 0 Å². The molecule has 1 unspecified atom stereocenters. The second kappa shape index (κ2) is 11.0. The van der Waals surface area contributed by atoms with Gasteiger partial charge in [-0.15, -0.1) is 0 Å². The van der Waals surface area contributed by atoms with E-state index in [4.69, 9.17) is 20.3 Å². The van der Waals surface area contributed by atoms with E-state index in [1.54, 1.807) is 24.3 Å². The van der Waals surface area contributed by atoms with E-state index < -0.39 is 32.4 Å². The molecule has 0 radical (unpaired) electrons. The van der Waals surface area contributed by atoms with Gasteiger partial charge in [0.25, 0.3) is 0 Å². The molecule has 0 spiro atoms. The normalized spacial score (nSPS) is 13.8. The molecular weight excluding hydrogens is 412 g/mol. The van der Waals surface area contributed by atoms with Crippen molar-refractivity contribution in [1.82, 2.24) is 0 Å². The summed E-state index contributed by atoms with van der Waals surface area (Å²) in [6, 6.07) is 12.0. The van der Waals surface area contributed by atoms with Crippen molar-refractivity contribution >= 4 is 7.82 Å². The molecule has 0 fully saturated rings. The maximum atomic E-state index is 14.7. The predicted octanol–water partition coefficient (Wildman–Crippen LogP) is 3.40. The van der Waals surface area contributed by atoms with Crippen molar-refractivity contribution in [3.63, 3.8) is 0 Å². The number of ether oxygens (including phenoxy) is 1. The van der Waals surface area contributed by atoms with Crippen LogP contribution in [0, 0.1) is 5.82 Å². The second-order valence-corrected chi connectivity index (χ2v) is 8.56. The molecule has 0 saturated heterocycles. The lowest BCUT2D eigenvalue weighted by Crippen LogP contribution is -2.48. The lowest BCUT2D eigenvalue weighted by atomic mass is 9.93. The summed E-state index contributed by atoms with van der Waals surface area (Å²) in [5.74, 6) is 0.343. The van der Waals surface area contributed by atoms with E-state index in [0.29, 0.717) is 24.2 Å². The molecule has 1 atom stereocenters. The molecule has 0 aliphatic carbocycles. The molecule has 2 rings (SSSR count). The number of nitrogens with two attached hydrogens (primary N) is 1. The van der Waals surface area contributed by atoms with Gasteiger partial charge in [-0.1, -0.05) is 37.6 Å². The van der Waals surface area contributed by atoms with E-state index in [1.165, 1.54) is 6.07 Å². The average Bonchev–Trinajstić information content (AvgIpc) is 2.71. The Labute approximate surface area is 175 Å². The van der Waals surface area contributed by atoms with Gasteiger partial charge in [0.15, 0.2) is 0 Å². The average molecular weight is 441 g/mol. The predicted molar refractivity (Wildman–Crippen MR) is 113 cm³/mol. The number of hydrogen-bond acceptors (Lipinski definition) is 5. The fourth-order valence-corrected chi connectivity index (χ4v) is 3.24. The van der Waals surface area contributed by atoms with Gasteiger partial charge in [-0.25, -0.2) is 8.96 Å². The molecule has 0 aliphatic heterocycles. The van der Waals surface area contributed by atoms with Gasteiger partial charge in [0.05, 0.1) is 25.4 Å². The molecule has 166 valence electrons. The van der Waals surface area contributed by atoms with Crippen LogP contribution in [0.2, 0.25) is 0 Å². The van der Waals surface area contributed by atoms with E-state index in [-0.39, 0.29) is 6.42 Å². The summed E-state index contributed by atoms with van der Waals surface area (Å²) in [5.41, 5.74) is 6.42. The minimum absolute atomic E-state index is 0.159. The van der Waals surface area contributed by atoms with Crippen LogP contribution in [-0.4, -0.2) is 40.3 Å². The number of aryl methyl sites for hydroxylation is 1. The van der Waals surface area contributed by atoms with Crippen LogP contribution in [0.1, 0.15) is 31.7 Å². The Morgan fingerprint density at radius 3 is 2.43 bits per heavy atom. The number of unbranched alkanes of at least 4 members (excludes halogenated alkanes) is 1. The van der Waals surface area contributed by atoms with Gasteiger partial charge in [-0.05, 0) is 48.6 Å². The van der Waals surface area contributed by atoms with Gasteiger partial charge in [0, 0.05) is 5.56 Å². The first-order valence-corrected chi connectivity index (χ1v) is 11.3. The highest BCUT2D eigenvalue weighted by molar-refractivity contribution is 7.46. The molecule has 0 saturated carbocycles. The van der Waals surface area contributed by atoms with Gasteiger partial charge in [0.2, 0.25) is 0 Å². The number of hydrogen-bond donors (Lipinski definition) is 4. The lowest BCUT2D eigenvalue weighted by molar-refractivity contribution is 0.102. The summed E-state index contributed by atoms with van der Waals surface area (Å²) in [5, 5.41) is 9.46. The number of phosphoric ester groups is 1. The molecule has 0 aromatic heterocycles. The Hall–Kier alpha value is -1.80. The smallest absolute Gasteiger partial charge is 0.469 e. The van der Waals surface area contributed by atoms with Crippen molar-refractivity contribution in [2.75, 3.05) is 19.8 Å². The number of halogens is 1. The van der Waals surface area contributed by atoms with Gasteiger partial charge >= 0.3 is 7.82 Å². The maximum Gasteiger partial charge on any atom is 0.469 e. The molecule has 30 heavy (non-hydrogen) atoms. The lowest BCUT2D eigenvalue weighted by Gasteiger charge is -2.27. The first-order valence-electron chi connectivity index (χ1n) is 9.77. The third kappa shape index (κ3) is 7.80. The number of aliphatic hydroxyl groups excluding tert-OH is 1. The SMILES string of the molecule is CCCCOc1ccc(-c2ccc(CCC(N)(CO)COP(=O)(O)O)cc2F)cc1. The van der Waals surface area contributed by atoms with Crippen molar-refractivity contribution < 1.29 is 33.1 Å². The Balaban J connectivity index is 2.01. The second-order valence-electron chi connectivity index (χ2n) is 7.33. The summed E-state index contributed by atoms with van der Waals surface area (Å²) in [6.45, 7) is 1.70. The molecule has 9 heteroatoms. The monoisotopic (exact) mass is 441 g/mol. The molecule has 2 aromatic carbocycles. The third-order valence-electron chi connectivity index (χ3n) is 4.71. The third-order valence-corrected chi connectivity index (χ3v) is 5.18. The van der Waals surface area contributed by atoms with Crippen LogP contribution in [0.25, 0.3) is 11.1 Å². The minimum atomic E-state index is -4.69. The molecule has 0 bridgehead atoms. The summed E-state index contributed by atoms with van der Waals surface area (Å²) >= 11 is 0. The molecule has 5 N–H and O–H groups in total. The van der Waals surface area contributed by atoms with Gasteiger partial charge < -0.3 is 25.4 Å². The highest BCUT2D eigenvalue weighted by Gasteiger charge is 2.28. The number of benzene rings is 2. The van der Waals surface area contributed by atoms with E-state index in [0.717, 1.165) is 24.2 Å². The minimum Gasteiger partial charge on any atom is -0.494 e. The van der Waals surface area contributed by atoms with Crippen molar-refractivity contribution in [3.8, 4) is 16.9 Å². The van der Waals surface area contributed by atoms with Crippen LogP contribution in [0.15, 0.2) is 42.5 Å². The van der Waals surface area contributed by atoms with Gasteiger partial charge in [-0.3, -0.25) is 4.52 Å². The van der Waals surface area contributed by atoms with Crippen LogP contribution in [-0.2, 0) is 15.5 Å². The van der Waals surface area contributed by atoms with E-state index in [1.807, 2.05) is 12.1 Å². The Morgan fingerprint density at radius 1 is 1.17 bits per heavy atom. The maximum absolute atomic E-state index is 14.7. The highest BCUT2D eigenvalue weighted by atomic mass is 31.2. The first kappa shape index (κ1) is 24.5. The van der Waals surface area contributed by atoms with Crippen LogP contribution >= 0.6 is 7.82 Å². The zero-order valence-electron chi connectivity index (χ0n) is 17.0. The zero-order valence-corrected chi connectivity index (χ0v) is 17.9. The standard InChI is InChI=1S/C21H29FNO6P/c1-2-3-12-28-18-7-5-17(6-8-18)19-9-4-16(13-20(19)22)10-11-21(23,14-24)15-29-30(25,26)27/h4-9,13,24H,2-3,10-12,14-15,23H2,1H3,(H2,25,26,27).